The minimum Gasteiger partial charge on any atom is -0.375 e. The van der Waals surface area contributed by atoms with E-state index >= 15 is 0 Å². The first-order valence-corrected chi connectivity index (χ1v) is 12.7. The monoisotopic (exact) mass is 475 g/mol. The maximum Gasteiger partial charge on any atom is 0.293 e. The van der Waals surface area contributed by atoms with E-state index in [1.165, 1.54) is 17.7 Å². The van der Waals surface area contributed by atoms with Gasteiger partial charge in [-0.15, -0.1) is 0 Å². The Morgan fingerprint density at radius 2 is 1.61 bits per heavy atom. The van der Waals surface area contributed by atoms with Gasteiger partial charge in [0, 0.05) is 51.4 Å². The Balaban J connectivity index is 1.62. The molecule has 2 aromatic rings. The van der Waals surface area contributed by atoms with Gasteiger partial charge in [0.25, 0.3) is 5.69 Å². The average molecular weight is 476 g/mol. The summed E-state index contributed by atoms with van der Waals surface area (Å²) < 4.78 is 27.2. The van der Waals surface area contributed by atoms with Crippen LogP contribution >= 0.6 is 0 Å². The van der Waals surface area contributed by atoms with Crippen LogP contribution < -0.4 is 10.0 Å². The maximum atomic E-state index is 12.4. The normalized spacial score (nSPS) is 15.6. The van der Waals surface area contributed by atoms with Gasteiger partial charge in [-0.2, -0.15) is 0 Å². The van der Waals surface area contributed by atoms with Crippen LogP contribution in [0.2, 0.25) is 0 Å². The van der Waals surface area contributed by atoms with Gasteiger partial charge in [0.05, 0.1) is 9.82 Å². The average Bonchev–Trinajstić information content (AvgIpc) is 2.78. The zero-order chi connectivity index (χ0) is 24.0. The lowest BCUT2D eigenvalue weighted by molar-refractivity contribution is -0.384. The number of hydrogen-bond donors (Lipinski definition) is 2. The van der Waals surface area contributed by atoms with Crippen molar-refractivity contribution in [3.05, 3.63) is 63.7 Å². The van der Waals surface area contributed by atoms with Crippen molar-refractivity contribution < 1.29 is 13.3 Å². The lowest BCUT2D eigenvalue weighted by atomic mass is 10.1. The predicted octanol–water partition coefficient (Wildman–Crippen LogP) is 3.03. The Morgan fingerprint density at radius 3 is 2.18 bits per heavy atom. The number of likely N-dealkylation sites (N-methyl/N-ethyl adjacent to an activating group) is 1. The highest BCUT2D eigenvalue weighted by Crippen LogP contribution is 2.28. The van der Waals surface area contributed by atoms with Crippen molar-refractivity contribution in [3.8, 4) is 0 Å². The van der Waals surface area contributed by atoms with Crippen LogP contribution in [-0.4, -0.2) is 61.9 Å². The second-order valence-corrected chi connectivity index (χ2v) is 10.3. The molecule has 0 aromatic heterocycles. The first kappa shape index (κ1) is 25.1. The summed E-state index contributed by atoms with van der Waals surface area (Å²) in [5, 5.41) is 14.6. The number of nitro benzene ring substituents is 1. The number of nitrogens with one attached hydrogen (secondary N) is 2. The second kappa shape index (κ2) is 11.1. The third-order valence-electron chi connectivity index (χ3n) is 5.69. The lowest BCUT2D eigenvalue weighted by Crippen LogP contribution is -2.45. The largest absolute Gasteiger partial charge is 0.375 e. The van der Waals surface area contributed by atoms with Crippen LogP contribution in [0.15, 0.2) is 47.4 Å². The Hall–Kier alpha value is -2.53. The fourth-order valence-electron chi connectivity index (χ4n) is 3.84. The van der Waals surface area contributed by atoms with Gasteiger partial charge >= 0.3 is 0 Å². The fourth-order valence-corrected chi connectivity index (χ4v) is 5.11. The molecule has 9 nitrogen and oxygen atoms in total. The van der Waals surface area contributed by atoms with Gasteiger partial charge in [-0.05, 0) is 43.7 Å². The summed E-state index contributed by atoms with van der Waals surface area (Å²) in [5.41, 5.74) is 2.23. The molecule has 0 radical (unpaired) electrons. The van der Waals surface area contributed by atoms with Crippen molar-refractivity contribution in [2.45, 2.75) is 44.8 Å². The molecule has 3 rings (SSSR count). The molecule has 180 valence electrons. The van der Waals surface area contributed by atoms with Gasteiger partial charge in [0.2, 0.25) is 10.0 Å². The zero-order valence-electron chi connectivity index (χ0n) is 19.5. The van der Waals surface area contributed by atoms with Crippen LogP contribution in [0.5, 0.6) is 0 Å². The number of benzene rings is 2. The van der Waals surface area contributed by atoms with Crippen molar-refractivity contribution in [1.29, 1.82) is 0 Å². The molecule has 1 fully saturated rings. The Morgan fingerprint density at radius 1 is 1.00 bits per heavy atom. The molecular weight excluding hydrogens is 442 g/mol. The standard InChI is InChI=1S/C23H33N5O4S/c1-4-26-11-13-27(14-12-26)17-20-7-5-19(6-8-20)16-24-22-10-9-21(15-23(22)28(29)30)33(31,32)25-18(2)3/h5-10,15,18,24-25H,4,11-14,16-17H2,1-3H3. The summed E-state index contributed by atoms with van der Waals surface area (Å²) in [5.74, 6) is 0. The molecule has 2 N–H and O–H groups in total. The summed E-state index contributed by atoms with van der Waals surface area (Å²) in [4.78, 5) is 15.8. The van der Waals surface area contributed by atoms with E-state index in [1.54, 1.807) is 13.8 Å². The van der Waals surface area contributed by atoms with E-state index in [0.717, 1.165) is 50.9 Å². The number of nitrogens with zero attached hydrogens (tertiary/aromatic N) is 3. The van der Waals surface area contributed by atoms with Crippen LogP contribution in [0.4, 0.5) is 11.4 Å². The van der Waals surface area contributed by atoms with Gasteiger partial charge < -0.3 is 10.2 Å². The molecule has 1 heterocycles. The molecule has 0 amide bonds. The SMILES string of the molecule is CCN1CCN(Cc2ccc(CNc3ccc(S(=O)(=O)NC(C)C)cc3[N+](=O)[O-])cc2)CC1. The minimum absolute atomic E-state index is 0.127. The number of piperazine rings is 1. The molecule has 0 aliphatic carbocycles. The molecule has 1 aliphatic rings. The third kappa shape index (κ3) is 6.97. The predicted molar refractivity (Wildman–Crippen MR) is 130 cm³/mol. The highest BCUT2D eigenvalue weighted by Gasteiger charge is 2.22. The second-order valence-electron chi connectivity index (χ2n) is 8.59. The van der Waals surface area contributed by atoms with E-state index in [-0.39, 0.29) is 22.3 Å². The van der Waals surface area contributed by atoms with Crippen LogP contribution in [0, 0.1) is 10.1 Å². The first-order valence-electron chi connectivity index (χ1n) is 11.2. The zero-order valence-corrected chi connectivity index (χ0v) is 20.3. The molecule has 0 atom stereocenters. The molecule has 0 saturated carbocycles. The fraction of sp³-hybridized carbons (Fsp3) is 0.478. The molecule has 0 unspecified atom stereocenters. The summed E-state index contributed by atoms with van der Waals surface area (Å²) in [6.07, 6.45) is 0. The summed E-state index contributed by atoms with van der Waals surface area (Å²) in [7, 11) is -3.81. The molecule has 2 aromatic carbocycles. The van der Waals surface area contributed by atoms with E-state index in [0.29, 0.717) is 6.54 Å². The maximum absolute atomic E-state index is 12.4. The first-order chi connectivity index (χ1) is 15.7. The topological polar surface area (TPSA) is 108 Å². The molecule has 0 spiro atoms. The van der Waals surface area contributed by atoms with Crippen molar-refractivity contribution in [1.82, 2.24) is 14.5 Å². The van der Waals surface area contributed by atoms with Gasteiger partial charge in [0.15, 0.2) is 0 Å². The molecule has 10 heteroatoms. The highest BCUT2D eigenvalue weighted by atomic mass is 32.2. The molecule has 33 heavy (non-hydrogen) atoms. The van der Waals surface area contributed by atoms with Gasteiger partial charge in [-0.1, -0.05) is 31.2 Å². The molecule has 1 saturated heterocycles. The molecule has 1 aliphatic heterocycles. The quantitative estimate of drug-likeness (QED) is 0.402. The summed E-state index contributed by atoms with van der Waals surface area (Å²) in [6.45, 7) is 12.3. The van der Waals surface area contributed by atoms with E-state index in [9.17, 15) is 18.5 Å². The Bertz CT molecular complexity index is 1050. The number of sulfonamides is 1. The van der Waals surface area contributed by atoms with Gasteiger partial charge in [-0.3, -0.25) is 15.0 Å². The van der Waals surface area contributed by atoms with Gasteiger partial charge in [-0.25, -0.2) is 13.1 Å². The molecule has 0 bridgehead atoms. The lowest BCUT2D eigenvalue weighted by Gasteiger charge is -2.34. The third-order valence-corrected chi connectivity index (χ3v) is 7.35. The molecular formula is C23H33N5O4S. The minimum atomic E-state index is -3.81. The van der Waals surface area contributed by atoms with Crippen molar-refractivity contribution in [3.63, 3.8) is 0 Å². The van der Waals surface area contributed by atoms with E-state index in [2.05, 4.69) is 38.9 Å². The number of hydrogen-bond acceptors (Lipinski definition) is 7. The smallest absolute Gasteiger partial charge is 0.293 e. The number of nitro groups is 1. The van der Waals surface area contributed by atoms with Crippen LogP contribution in [0.1, 0.15) is 31.9 Å². The van der Waals surface area contributed by atoms with Crippen molar-refractivity contribution in [2.75, 3.05) is 38.0 Å². The Labute approximate surface area is 196 Å². The van der Waals surface area contributed by atoms with Gasteiger partial charge in [0.1, 0.15) is 5.69 Å². The number of rotatable bonds is 10. The van der Waals surface area contributed by atoms with E-state index in [1.807, 2.05) is 12.1 Å². The van der Waals surface area contributed by atoms with E-state index in [4.69, 9.17) is 0 Å². The Kier molecular flexibility index (Phi) is 8.41. The number of anilines is 1. The highest BCUT2D eigenvalue weighted by molar-refractivity contribution is 7.89. The van der Waals surface area contributed by atoms with Crippen molar-refractivity contribution in [2.24, 2.45) is 0 Å². The van der Waals surface area contributed by atoms with E-state index < -0.39 is 14.9 Å². The van der Waals surface area contributed by atoms with Crippen LogP contribution in [-0.2, 0) is 23.1 Å². The van der Waals surface area contributed by atoms with Crippen molar-refractivity contribution >= 4 is 21.4 Å². The summed E-state index contributed by atoms with van der Waals surface area (Å²) >= 11 is 0. The van der Waals surface area contributed by atoms with Crippen LogP contribution in [0.25, 0.3) is 0 Å². The summed E-state index contributed by atoms with van der Waals surface area (Å²) in [6, 6.07) is 11.8. The van der Waals surface area contributed by atoms with Crippen LogP contribution in [0.3, 0.4) is 0 Å².